The largest absolute Gasteiger partial charge is 0.474 e. The maximum atomic E-state index is 11.6. The monoisotopic (exact) mass is 211 g/mol. The summed E-state index contributed by atoms with van der Waals surface area (Å²) in [5, 5.41) is 2.87. The lowest BCUT2D eigenvalue weighted by atomic mass is 9.90. The summed E-state index contributed by atoms with van der Waals surface area (Å²) < 4.78 is 10.3. The number of carbonyl (C=O) groups excluding carboxylic acids is 1. The molecule has 0 aromatic carbocycles. The summed E-state index contributed by atoms with van der Waals surface area (Å²) in [4.78, 5) is 11.6. The average molecular weight is 211 g/mol. The standard InChI is InChI=1S/C11H17NO3/c1-5-11(3,4)9-8(12-7-15-9)10(13)14-6-2/h5,12H,1,6-7H2,2-4H3. The second-order valence-corrected chi connectivity index (χ2v) is 3.82. The van der Waals surface area contributed by atoms with E-state index in [0.29, 0.717) is 24.8 Å². The molecule has 0 aliphatic carbocycles. The molecule has 0 aromatic heterocycles. The number of esters is 1. The van der Waals surface area contributed by atoms with Crippen LogP contribution in [0.15, 0.2) is 24.1 Å². The molecule has 84 valence electrons. The highest BCUT2D eigenvalue weighted by Crippen LogP contribution is 2.32. The van der Waals surface area contributed by atoms with Crippen LogP contribution in [0.5, 0.6) is 0 Å². The van der Waals surface area contributed by atoms with Gasteiger partial charge in [0.2, 0.25) is 0 Å². The minimum Gasteiger partial charge on any atom is -0.474 e. The Bertz CT molecular complexity index is 305. The van der Waals surface area contributed by atoms with Crippen molar-refractivity contribution in [1.82, 2.24) is 5.32 Å². The molecule has 0 spiro atoms. The topological polar surface area (TPSA) is 47.6 Å². The molecule has 15 heavy (non-hydrogen) atoms. The highest BCUT2D eigenvalue weighted by Gasteiger charge is 2.32. The van der Waals surface area contributed by atoms with Gasteiger partial charge in [-0.05, 0) is 20.8 Å². The zero-order valence-corrected chi connectivity index (χ0v) is 9.42. The molecule has 0 unspecified atom stereocenters. The van der Waals surface area contributed by atoms with Crippen molar-refractivity contribution in [2.24, 2.45) is 5.41 Å². The van der Waals surface area contributed by atoms with Gasteiger partial charge in [0.15, 0.2) is 12.4 Å². The molecule has 0 fully saturated rings. The Morgan fingerprint density at radius 2 is 2.40 bits per heavy atom. The summed E-state index contributed by atoms with van der Waals surface area (Å²) in [6.45, 7) is 10.0. The Morgan fingerprint density at radius 3 is 2.93 bits per heavy atom. The maximum absolute atomic E-state index is 11.6. The first kappa shape index (κ1) is 11.6. The third-order valence-electron chi connectivity index (χ3n) is 2.27. The fourth-order valence-corrected chi connectivity index (χ4v) is 1.30. The van der Waals surface area contributed by atoms with Crippen molar-refractivity contribution in [1.29, 1.82) is 0 Å². The first-order valence-electron chi connectivity index (χ1n) is 4.95. The van der Waals surface area contributed by atoms with E-state index >= 15 is 0 Å². The number of hydrogen-bond acceptors (Lipinski definition) is 4. The lowest BCUT2D eigenvalue weighted by Gasteiger charge is -2.20. The molecule has 4 heteroatoms. The van der Waals surface area contributed by atoms with Gasteiger partial charge in [0, 0.05) is 5.41 Å². The number of carbonyl (C=O) groups is 1. The van der Waals surface area contributed by atoms with Gasteiger partial charge in [-0.2, -0.15) is 0 Å². The van der Waals surface area contributed by atoms with Crippen LogP contribution >= 0.6 is 0 Å². The first-order valence-corrected chi connectivity index (χ1v) is 4.95. The minimum atomic E-state index is -0.375. The van der Waals surface area contributed by atoms with E-state index in [-0.39, 0.29) is 11.4 Å². The van der Waals surface area contributed by atoms with Gasteiger partial charge in [-0.15, -0.1) is 6.58 Å². The fourth-order valence-electron chi connectivity index (χ4n) is 1.30. The van der Waals surface area contributed by atoms with Gasteiger partial charge in [0.1, 0.15) is 5.76 Å². The van der Waals surface area contributed by atoms with Crippen LogP contribution in [0.2, 0.25) is 0 Å². The average Bonchev–Trinajstić information content (AvgIpc) is 2.67. The Hall–Kier alpha value is -1.45. The van der Waals surface area contributed by atoms with Gasteiger partial charge < -0.3 is 14.8 Å². The lowest BCUT2D eigenvalue weighted by molar-refractivity contribution is -0.139. The van der Waals surface area contributed by atoms with Crippen molar-refractivity contribution in [3.63, 3.8) is 0 Å². The zero-order chi connectivity index (χ0) is 11.5. The normalized spacial score (nSPS) is 15.7. The number of allylic oxidation sites excluding steroid dienone is 1. The molecule has 0 saturated heterocycles. The van der Waals surface area contributed by atoms with Gasteiger partial charge in [-0.1, -0.05) is 6.08 Å². The first-order chi connectivity index (χ1) is 7.03. The second-order valence-electron chi connectivity index (χ2n) is 3.82. The van der Waals surface area contributed by atoms with Crippen LogP contribution in [0.25, 0.3) is 0 Å². The summed E-state index contributed by atoms with van der Waals surface area (Å²) in [5.41, 5.74) is 0.0349. The molecule has 0 bridgehead atoms. The van der Waals surface area contributed by atoms with Gasteiger partial charge in [-0.25, -0.2) is 4.79 Å². The summed E-state index contributed by atoms with van der Waals surface area (Å²) in [6, 6.07) is 0. The van der Waals surface area contributed by atoms with E-state index in [9.17, 15) is 4.79 Å². The van der Waals surface area contributed by atoms with Crippen molar-refractivity contribution >= 4 is 5.97 Å². The van der Waals surface area contributed by atoms with Crippen molar-refractivity contribution in [2.45, 2.75) is 20.8 Å². The Balaban J connectivity index is 2.97. The number of nitrogens with one attached hydrogen (secondary N) is 1. The van der Waals surface area contributed by atoms with Gasteiger partial charge >= 0.3 is 5.97 Å². The van der Waals surface area contributed by atoms with Crippen LogP contribution in [0.1, 0.15) is 20.8 Å². The van der Waals surface area contributed by atoms with E-state index in [1.807, 2.05) is 13.8 Å². The molecule has 1 rings (SSSR count). The second kappa shape index (κ2) is 4.38. The Morgan fingerprint density at radius 1 is 1.73 bits per heavy atom. The summed E-state index contributed by atoms with van der Waals surface area (Å²) in [5.74, 6) is 0.218. The summed E-state index contributed by atoms with van der Waals surface area (Å²) in [7, 11) is 0. The van der Waals surface area contributed by atoms with Gasteiger partial charge in [0.25, 0.3) is 0 Å². The van der Waals surface area contributed by atoms with Crippen molar-refractivity contribution in [3.05, 3.63) is 24.1 Å². The van der Waals surface area contributed by atoms with Crippen LogP contribution in [0.4, 0.5) is 0 Å². The molecule has 1 aliphatic heterocycles. The smallest absolute Gasteiger partial charge is 0.358 e. The third kappa shape index (κ3) is 2.32. The molecule has 0 saturated carbocycles. The zero-order valence-electron chi connectivity index (χ0n) is 9.42. The van der Waals surface area contributed by atoms with E-state index in [1.54, 1.807) is 13.0 Å². The maximum Gasteiger partial charge on any atom is 0.358 e. The molecule has 1 N–H and O–H groups in total. The van der Waals surface area contributed by atoms with Gasteiger partial charge in [0.05, 0.1) is 6.61 Å². The third-order valence-corrected chi connectivity index (χ3v) is 2.27. The van der Waals surface area contributed by atoms with Crippen LogP contribution in [0, 0.1) is 5.41 Å². The molecule has 1 heterocycles. The lowest BCUT2D eigenvalue weighted by Crippen LogP contribution is -2.21. The van der Waals surface area contributed by atoms with Crippen LogP contribution in [0.3, 0.4) is 0 Å². The van der Waals surface area contributed by atoms with Crippen LogP contribution < -0.4 is 5.32 Å². The summed E-state index contributed by atoms with van der Waals surface area (Å²) in [6.07, 6.45) is 1.74. The van der Waals surface area contributed by atoms with E-state index < -0.39 is 0 Å². The number of rotatable bonds is 4. The molecule has 0 aromatic rings. The van der Waals surface area contributed by atoms with Gasteiger partial charge in [-0.3, -0.25) is 0 Å². The molecule has 0 atom stereocenters. The number of ether oxygens (including phenoxy) is 2. The molecule has 4 nitrogen and oxygen atoms in total. The molecule has 0 amide bonds. The summed E-state index contributed by atoms with van der Waals surface area (Å²) >= 11 is 0. The van der Waals surface area contributed by atoms with E-state index in [4.69, 9.17) is 9.47 Å². The van der Waals surface area contributed by atoms with E-state index in [1.165, 1.54) is 0 Å². The molecule has 0 radical (unpaired) electrons. The van der Waals surface area contributed by atoms with Crippen molar-refractivity contribution in [2.75, 3.05) is 13.3 Å². The minimum absolute atomic E-state index is 0.306. The highest BCUT2D eigenvalue weighted by atomic mass is 16.5. The Labute approximate surface area is 89.9 Å². The Kier molecular flexibility index (Phi) is 3.39. The van der Waals surface area contributed by atoms with E-state index in [2.05, 4.69) is 11.9 Å². The molecular formula is C11H17NO3. The number of hydrogen-bond donors (Lipinski definition) is 1. The van der Waals surface area contributed by atoms with Crippen LogP contribution in [-0.2, 0) is 14.3 Å². The molecular weight excluding hydrogens is 194 g/mol. The van der Waals surface area contributed by atoms with Crippen molar-refractivity contribution in [3.8, 4) is 0 Å². The fraction of sp³-hybridized carbons (Fsp3) is 0.545. The predicted octanol–water partition coefficient (Wildman–Crippen LogP) is 1.55. The SMILES string of the molecule is C=CC(C)(C)C1=C(C(=O)OCC)NCO1. The van der Waals surface area contributed by atoms with Crippen molar-refractivity contribution < 1.29 is 14.3 Å². The predicted molar refractivity (Wildman–Crippen MR) is 56.7 cm³/mol. The highest BCUT2D eigenvalue weighted by molar-refractivity contribution is 5.89. The van der Waals surface area contributed by atoms with E-state index in [0.717, 1.165) is 0 Å². The molecule has 1 aliphatic rings. The van der Waals surface area contributed by atoms with Crippen LogP contribution in [-0.4, -0.2) is 19.3 Å². The quantitative estimate of drug-likeness (QED) is 0.566.